The Kier molecular flexibility index (Phi) is 4.11. The number of nitrogens with one attached hydrogen (secondary N) is 1. The highest BCUT2D eigenvalue weighted by molar-refractivity contribution is 6.06. The number of carbonyl (C=O) groups is 1. The predicted octanol–water partition coefficient (Wildman–Crippen LogP) is 3.91. The van der Waals surface area contributed by atoms with Gasteiger partial charge in [-0.3, -0.25) is 4.79 Å². The summed E-state index contributed by atoms with van der Waals surface area (Å²) in [5.41, 5.74) is 3.62. The molecule has 2 aromatic heterocycles. The van der Waals surface area contributed by atoms with E-state index >= 15 is 0 Å². The predicted molar refractivity (Wildman–Crippen MR) is 97.4 cm³/mol. The number of hydrogen-bond donors (Lipinski definition) is 1. The highest BCUT2D eigenvalue weighted by Gasteiger charge is 2.29. The lowest BCUT2D eigenvalue weighted by molar-refractivity contribution is 0.0941. The lowest BCUT2D eigenvalue weighted by Crippen LogP contribution is -2.27. The van der Waals surface area contributed by atoms with E-state index in [0.717, 1.165) is 29.8 Å². The molecular weight excluding hydrogens is 330 g/mol. The Morgan fingerprint density at radius 1 is 1.31 bits per heavy atom. The number of benzene rings is 1. The van der Waals surface area contributed by atoms with Crippen LogP contribution in [0, 0.1) is 6.92 Å². The maximum absolute atomic E-state index is 13.0. The standard InChI is InChI=1S/C20H21N3O3/c1-11(13-6-8-15(25-3)9-7-13)21-19(24)16-10-17(14-4-5-14)22-20-18(16)12(2)23-26-20/h6-11,14H,4-5H2,1-3H3,(H,21,24). The molecule has 1 saturated carbocycles. The molecule has 0 aliphatic heterocycles. The van der Waals surface area contributed by atoms with E-state index in [1.807, 2.05) is 44.2 Å². The first-order valence-corrected chi connectivity index (χ1v) is 8.78. The monoisotopic (exact) mass is 351 g/mol. The topological polar surface area (TPSA) is 77.2 Å². The second-order valence-corrected chi connectivity index (χ2v) is 6.79. The maximum atomic E-state index is 13.0. The number of aryl methyl sites for hydroxylation is 1. The lowest BCUT2D eigenvalue weighted by Gasteiger charge is -2.15. The van der Waals surface area contributed by atoms with Gasteiger partial charge < -0.3 is 14.6 Å². The van der Waals surface area contributed by atoms with E-state index in [9.17, 15) is 4.79 Å². The van der Waals surface area contributed by atoms with Crippen LogP contribution >= 0.6 is 0 Å². The average Bonchev–Trinajstić information content (AvgIpc) is 3.44. The van der Waals surface area contributed by atoms with Crippen LogP contribution in [0.5, 0.6) is 5.75 Å². The molecule has 1 atom stereocenters. The van der Waals surface area contributed by atoms with Crippen molar-refractivity contribution in [1.82, 2.24) is 15.5 Å². The Balaban J connectivity index is 1.63. The Morgan fingerprint density at radius 3 is 2.69 bits per heavy atom. The zero-order valence-corrected chi connectivity index (χ0v) is 15.1. The van der Waals surface area contributed by atoms with Crippen LogP contribution in [0.15, 0.2) is 34.9 Å². The molecule has 1 aliphatic rings. The summed E-state index contributed by atoms with van der Waals surface area (Å²) in [6.45, 7) is 3.79. The normalized spacial score (nSPS) is 15.0. The van der Waals surface area contributed by atoms with E-state index in [1.54, 1.807) is 7.11 Å². The smallest absolute Gasteiger partial charge is 0.259 e. The van der Waals surface area contributed by atoms with E-state index in [1.165, 1.54) is 0 Å². The van der Waals surface area contributed by atoms with Gasteiger partial charge in [-0.2, -0.15) is 0 Å². The molecule has 26 heavy (non-hydrogen) atoms. The van der Waals surface area contributed by atoms with Gasteiger partial charge in [-0.1, -0.05) is 17.3 Å². The summed E-state index contributed by atoms with van der Waals surface area (Å²) >= 11 is 0. The van der Waals surface area contributed by atoms with Crippen LogP contribution in [-0.4, -0.2) is 23.2 Å². The third-order valence-electron chi connectivity index (χ3n) is 4.84. The fourth-order valence-corrected chi connectivity index (χ4v) is 3.13. The van der Waals surface area contributed by atoms with Crippen molar-refractivity contribution in [2.45, 2.75) is 38.6 Å². The first-order chi connectivity index (χ1) is 12.6. The number of aromatic nitrogens is 2. The molecule has 1 aromatic carbocycles. The van der Waals surface area contributed by atoms with E-state index in [0.29, 0.717) is 28.3 Å². The molecule has 1 N–H and O–H groups in total. The van der Waals surface area contributed by atoms with Crippen LogP contribution in [-0.2, 0) is 0 Å². The number of methoxy groups -OCH3 is 1. The molecule has 134 valence electrons. The minimum atomic E-state index is -0.145. The second-order valence-electron chi connectivity index (χ2n) is 6.79. The lowest BCUT2D eigenvalue weighted by atomic mass is 10.0. The first-order valence-electron chi connectivity index (χ1n) is 8.78. The van der Waals surface area contributed by atoms with Gasteiger partial charge in [0.1, 0.15) is 5.75 Å². The van der Waals surface area contributed by atoms with Gasteiger partial charge in [-0.15, -0.1) is 0 Å². The highest BCUT2D eigenvalue weighted by Crippen LogP contribution is 2.40. The Hall–Kier alpha value is -2.89. The molecule has 0 radical (unpaired) electrons. The van der Waals surface area contributed by atoms with Crippen molar-refractivity contribution in [1.29, 1.82) is 0 Å². The first kappa shape index (κ1) is 16.6. The van der Waals surface area contributed by atoms with Gasteiger partial charge in [0.2, 0.25) is 0 Å². The van der Waals surface area contributed by atoms with Gasteiger partial charge in [0.15, 0.2) is 0 Å². The molecule has 0 bridgehead atoms. The van der Waals surface area contributed by atoms with Crippen molar-refractivity contribution in [2.75, 3.05) is 7.11 Å². The molecule has 3 aromatic rings. The molecule has 1 amide bonds. The summed E-state index contributed by atoms with van der Waals surface area (Å²) in [4.78, 5) is 17.5. The number of ether oxygens (including phenoxy) is 1. The van der Waals surface area contributed by atoms with E-state index < -0.39 is 0 Å². The number of hydrogen-bond acceptors (Lipinski definition) is 5. The minimum absolute atomic E-state index is 0.138. The zero-order chi connectivity index (χ0) is 18.3. The number of rotatable bonds is 5. The molecule has 1 aliphatic carbocycles. The summed E-state index contributed by atoms with van der Waals surface area (Å²) in [6, 6.07) is 9.43. The minimum Gasteiger partial charge on any atom is -0.497 e. The fourth-order valence-electron chi connectivity index (χ4n) is 3.13. The third-order valence-corrected chi connectivity index (χ3v) is 4.84. The van der Waals surface area contributed by atoms with Crippen molar-refractivity contribution in [3.05, 3.63) is 52.8 Å². The zero-order valence-electron chi connectivity index (χ0n) is 15.1. The molecule has 6 nitrogen and oxygen atoms in total. The van der Waals surface area contributed by atoms with Crippen LogP contribution in [0.25, 0.3) is 11.1 Å². The molecular formula is C20H21N3O3. The number of pyridine rings is 1. The van der Waals surface area contributed by atoms with Gasteiger partial charge in [0.25, 0.3) is 11.6 Å². The Bertz CT molecular complexity index is 958. The van der Waals surface area contributed by atoms with Gasteiger partial charge in [-0.05, 0) is 50.5 Å². The van der Waals surface area contributed by atoms with E-state index in [4.69, 9.17) is 9.26 Å². The van der Waals surface area contributed by atoms with Crippen molar-refractivity contribution < 1.29 is 14.1 Å². The molecule has 0 spiro atoms. The highest BCUT2D eigenvalue weighted by atomic mass is 16.5. The van der Waals surface area contributed by atoms with E-state index in [-0.39, 0.29) is 11.9 Å². The Labute approximate surface area is 151 Å². The van der Waals surface area contributed by atoms with Gasteiger partial charge >= 0.3 is 0 Å². The van der Waals surface area contributed by atoms with Crippen LogP contribution in [0.2, 0.25) is 0 Å². The summed E-state index contributed by atoms with van der Waals surface area (Å²) in [5.74, 6) is 1.07. The van der Waals surface area contributed by atoms with Gasteiger partial charge in [0.05, 0.1) is 29.8 Å². The van der Waals surface area contributed by atoms with Crippen LogP contribution in [0.4, 0.5) is 0 Å². The van der Waals surface area contributed by atoms with Crippen molar-refractivity contribution in [2.24, 2.45) is 0 Å². The summed E-state index contributed by atoms with van der Waals surface area (Å²) in [7, 11) is 1.63. The summed E-state index contributed by atoms with van der Waals surface area (Å²) in [5, 5.41) is 7.74. The van der Waals surface area contributed by atoms with Gasteiger partial charge in [-0.25, -0.2) is 4.98 Å². The quantitative estimate of drug-likeness (QED) is 0.754. The molecule has 1 unspecified atom stereocenters. The molecule has 0 saturated heterocycles. The fraction of sp³-hybridized carbons (Fsp3) is 0.350. The van der Waals surface area contributed by atoms with Crippen LogP contribution in [0.3, 0.4) is 0 Å². The van der Waals surface area contributed by atoms with Crippen molar-refractivity contribution >= 4 is 17.0 Å². The number of fused-ring (bicyclic) bond motifs is 1. The summed E-state index contributed by atoms with van der Waals surface area (Å²) < 4.78 is 10.5. The number of carbonyl (C=O) groups excluding carboxylic acids is 1. The largest absolute Gasteiger partial charge is 0.497 e. The molecule has 6 heteroatoms. The molecule has 4 rings (SSSR count). The van der Waals surface area contributed by atoms with Crippen LogP contribution < -0.4 is 10.1 Å². The Morgan fingerprint density at radius 2 is 2.04 bits per heavy atom. The average molecular weight is 351 g/mol. The van der Waals surface area contributed by atoms with Crippen LogP contribution in [0.1, 0.15) is 59.0 Å². The SMILES string of the molecule is COc1ccc(C(C)NC(=O)c2cc(C3CC3)nc3onc(C)c23)cc1. The molecule has 2 heterocycles. The maximum Gasteiger partial charge on any atom is 0.259 e. The third kappa shape index (κ3) is 3.03. The number of amides is 1. The summed E-state index contributed by atoms with van der Waals surface area (Å²) in [6.07, 6.45) is 2.21. The van der Waals surface area contributed by atoms with Crippen molar-refractivity contribution in [3.63, 3.8) is 0 Å². The van der Waals surface area contributed by atoms with Gasteiger partial charge in [0, 0.05) is 11.6 Å². The molecule has 1 fully saturated rings. The van der Waals surface area contributed by atoms with Crippen molar-refractivity contribution in [3.8, 4) is 5.75 Å². The second kappa shape index (κ2) is 6.44. The number of nitrogens with zero attached hydrogens (tertiary/aromatic N) is 2. The van der Waals surface area contributed by atoms with E-state index in [2.05, 4.69) is 15.5 Å².